The molecule has 2 nitrogen and oxygen atoms in total. The number of hydrogen-bond acceptors (Lipinski definition) is 2. The van der Waals surface area contributed by atoms with E-state index in [1.165, 1.54) is 115 Å². The van der Waals surface area contributed by atoms with Crippen LogP contribution in [0.3, 0.4) is 0 Å². The van der Waals surface area contributed by atoms with Gasteiger partial charge >= 0.3 is 0 Å². The van der Waals surface area contributed by atoms with Crippen LogP contribution < -0.4 is 0 Å². The van der Waals surface area contributed by atoms with Gasteiger partial charge in [0, 0.05) is 0 Å². The summed E-state index contributed by atoms with van der Waals surface area (Å²) in [6.45, 7) is 4.59. The molecular formula is C31H51N2+. The molecule has 1 aliphatic heterocycles. The van der Waals surface area contributed by atoms with Gasteiger partial charge in [-0.05, 0) is 30.7 Å². The maximum atomic E-state index is 4.69. The summed E-state index contributed by atoms with van der Waals surface area (Å²) in [7, 11) is 0. The molecule has 2 heteroatoms. The molecule has 1 heterocycles. The van der Waals surface area contributed by atoms with Gasteiger partial charge in [0.1, 0.15) is 0 Å². The van der Waals surface area contributed by atoms with Gasteiger partial charge in [0.25, 0.3) is 0 Å². The molecule has 1 aromatic carbocycles. The van der Waals surface area contributed by atoms with Gasteiger partial charge in [-0.15, -0.1) is 0 Å². The quantitative estimate of drug-likeness (QED) is 0.131. The fourth-order valence-electron chi connectivity index (χ4n) is 5.24. The number of aliphatic imine (C=N–C) groups is 2. The zero-order valence-electron chi connectivity index (χ0n) is 21.8. The molecule has 0 fully saturated rings. The monoisotopic (exact) mass is 451 g/mol. The first-order valence-electron chi connectivity index (χ1n) is 14.3. The van der Waals surface area contributed by atoms with Crippen LogP contribution in [0.1, 0.15) is 129 Å². The summed E-state index contributed by atoms with van der Waals surface area (Å²) < 4.78 is 0. The van der Waals surface area contributed by atoms with Crippen LogP contribution in [-0.2, 0) is 6.42 Å². The molecular weight excluding hydrogens is 400 g/mol. The fourth-order valence-corrected chi connectivity index (χ4v) is 5.24. The summed E-state index contributed by atoms with van der Waals surface area (Å²) in [5.74, 6) is 1.15. The van der Waals surface area contributed by atoms with Crippen molar-refractivity contribution in [2.75, 3.05) is 0 Å². The van der Waals surface area contributed by atoms with Gasteiger partial charge in [-0.2, -0.15) is 0 Å². The summed E-state index contributed by atoms with van der Waals surface area (Å²) >= 11 is 0. The van der Waals surface area contributed by atoms with E-state index in [1.54, 1.807) is 0 Å². The molecule has 2 unspecified atom stereocenters. The highest BCUT2D eigenvalue weighted by molar-refractivity contribution is 6.18. The van der Waals surface area contributed by atoms with Crippen molar-refractivity contribution in [3.8, 4) is 0 Å². The molecule has 0 radical (unpaired) electrons. The molecule has 0 spiro atoms. The van der Waals surface area contributed by atoms with E-state index in [0.29, 0.717) is 11.8 Å². The van der Waals surface area contributed by atoms with E-state index in [2.05, 4.69) is 54.2 Å². The molecule has 33 heavy (non-hydrogen) atoms. The Labute approximate surface area is 205 Å². The highest BCUT2D eigenvalue weighted by Crippen LogP contribution is 2.37. The van der Waals surface area contributed by atoms with Gasteiger partial charge in [-0.25, -0.2) is 0 Å². The third-order valence-electron chi connectivity index (χ3n) is 7.27. The van der Waals surface area contributed by atoms with Crippen LogP contribution in [0.2, 0.25) is 0 Å². The second-order valence-electron chi connectivity index (χ2n) is 10.1. The lowest BCUT2D eigenvalue weighted by molar-refractivity contribution is 0.284. The van der Waals surface area contributed by atoms with E-state index in [0.717, 1.165) is 12.6 Å². The SMILES string of the molecule is CCCCCCCCCCCC(Cc1ccccc1)C(CCCCCCCC)[C+]1N=CC=N1. The van der Waals surface area contributed by atoms with Crippen LogP contribution in [-0.4, -0.2) is 12.4 Å². The van der Waals surface area contributed by atoms with Crippen molar-refractivity contribution in [2.24, 2.45) is 21.8 Å². The van der Waals surface area contributed by atoms with Crippen molar-refractivity contribution in [3.63, 3.8) is 0 Å². The highest BCUT2D eigenvalue weighted by atomic mass is 15.0. The third-order valence-corrected chi connectivity index (χ3v) is 7.27. The number of nitrogens with zero attached hydrogens (tertiary/aromatic N) is 2. The van der Waals surface area contributed by atoms with Crippen LogP contribution >= 0.6 is 0 Å². The average Bonchev–Trinajstić information content (AvgIpc) is 3.37. The third kappa shape index (κ3) is 12.5. The molecule has 1 aromatic rings. The van der Waals surface area contributed by atoms with Gasteiger partial charge in [-0.3, -0.25) is 0 Å². The first-order valence-corrected chi connectivity index (χ1v) is 14.3. The van der Waals surface area contributed by atoms with Gasteiger partial charge in [0.05, 0.1) is 5.92 Å². The largest absolute Gasteiger partial charge is 0.244 e. The lowest BCUT2D eigenvalue weighted by Gasteiger charge is -2.26. The Morgan fingerprint density at radius 3 is 1.64 bits per heavy atom. The summed E-state index contributed by atoms with van der Waals surface area (Å²) in [6.07, 6.45) is 29.3. The fraction of sp³-hybridized carbons (Fsp3) is 0.710. The number of benzene rings is 1. The molecule has 0 aliphatic carbocycles. The van der Waals surface area contributed by atoms with Crippen LogP contribution in [0.4, 0.5) is 0 Å². The smallest absolute Gasteiger partial charge is 0.0965 e. The topological polar surface area (TPSA) is 24.7 Å². The Balaban J connectivity index is 1.86. The van der Waals surface area contributed by atoms with E-state index in [4.69, 9.17) is 0 Å². The molecule has 184 valence electrons. The average molecular weight is 452 g/mol. The standard InChI is InChI=1S/C31H51N2/c1-3-5-7-9-11-12-13-14-19-23-29(27-28-21-17-16-18-22-28)30(31-32-25-26-33-31)24-20-15-10-8-6-4-2/h16-18,21-22,25-26,29-30H,3-15,19-20,23-24,27H2,1-2H3/q+1. The maximum Gasteiger partial charge on any atom is 0.244 e. The van der Waals surface area contributed by atoms with Crippen molar-refractivity contribution >= 4 is 12.4 Å². The minimum Gasteiger partial charge on any atom is -0.0965 e. The number of hydrogen-bond donors (Lipinski definition) is 0. The van der Waals surface area contributed by atoms with Gasteiger partial charge < -0.3 is 0 Å². The number of rotatable bonds is 21. The molecule has 0 amide bonds. The van der Waals surface area contributed by atoms with Crippen LogP contribution in [0.5, 0.6) is 0 Å². The summed E-state index contributed by atoms with van der Waals surface area (Å²) in [6, 6.07) is 11.1. The Kier molecular flexibility index (Phi) is 15.8. The summed E-state index contributed by atoms with van der Waals surface area (Å²) in [5, 5.41) is 0. The first-order chi connectivity index (χ1) is 16.3. The van der Waals surface area contributed by atoms with E-state index in [9.17, 15) is 0 Å². The molecule has 0 saturated carbocycles. The molecule has 2 rings (SSSR count). The minimum absolute atomic E-state index is 0.500. The van der Waals surface area contributed by atoms with E-state index in [1.807, 2.05) is 12.4 Å². The zero-order chi connectivity index (χ0) is 23.4. The van der Waals surface area contributed by atoms with E-state index < -0.39 is 0 Å². The highest BCUT2D eigenvalue weighted by Gasteiger charge is 2.35. The van der Waals surface area contributed by atoms with Crippen molar-refractivity contribution in [1.82, 2.24) is 0 Å². The molecule has 0 bridgehead atoms. The first kappa shape index (κ1) is 27.7. The van der Waals surface area contributed by atoms with Gasteiger partial charge in [-0.1, -0.05) is 150 Å². The Bertz CT molecular complexity index is 609. The molecule has 0 aromatic heterocycles. The van der Waals surface area contributed by atoms with Gasteiger partial charge in [0.2, 0.25) is 6.17 Å². The molecule has 0 saturated heterocycles. The Hall–Kier alpha value is -1.57. The molecule has 1 aliphatic rings. The van der Waals surface area contributed by atoms with Crippen molar-refractivity contribution in [1.29, 1.82) is 0 Å². The van der Waals surface area contributed by atoms with Crippen LogP contribution in [0.25, 0.3) is 0 Å². The van der Waals surface area contributed by atoms with Crippen molar-refractivity contribution in [2.45, 2.75) is 129 Å². The normalized spacial score (nSPS) is 14.8. The van der Waals surface area contributed by atoms with Crippen LogP contribution in [0, 0.1) is 18.0 Å². The lowest BCUT2D eigenvalue weighted by Crippen LogP contribution is -2.22. The predicted octanol–water partition coefficient (Wildman–Crippen LogP) is 9.78. The summed E-state index contributed by atoms with van der Waals surface area (Å²) in [4.78, 5) is 9.38. The Morgan fingerprint density at radius 2 is 1.09 bits per heavy atom. The summed E-state index contributed by atoms with van der Waals surface area (Å²) in [5.41, 5.74) is 1.47. The second kappa shape index (κ2) is 18.8. The predicted molar refractivity (Wildman–Crippen MR) is 147 cm³/mol. The maximum absolute atomic E-state index is 4.69. The molecule has 2 atom stereocenters. The zero-order valence-corrected chi connectivity index (χ0v) is 21.8. The second-order valence-corrected chi connectivity index (χ2v) is 10.1. The molecule has 0 N–H and O–H groups in total. The number of unbranched alkanes of at least 4 members (excludes halogenated alkanes) is 13. The van der Waals surface area contributed by atoms with Crippen LogP contribution in [0.15, 0.2) is 40.3 Å². The van der Waals surface area contributed by atoms with E-state index >= 15 is 0 Å². The van der Waals surface area contributed by atoms with E-state index in [-0.39, 0.29) is 0 Å². The lowest BCUT2D eigenvalue weighted by atomic mass is 9.78. The van der Waals surface area contributed by atoms with Crippen molar-refractivity contribution in [3.05, 3.63) is 42.1 Å². The Morgan fingerprint density at radius 1 is 0.606 bits per heavy atom. The van der Waals surface area contributed by atoms with Gasteiger partial charge in [0.15, 0.2) is 12.4 Å². The minimum atomic E-state index is 0.500. The van der Waals surface area contributed by atoms with Crippen molar-refractivity contribution < 1.29 is 0 Å².